The summed E-state index contributed by atoms with van der Waals surface area (Å²) in [6, 6.07) is 7.84. The van der Waals surface area contributed by atoms with Gasteiger partial charge in [-0.25, -0.2) is 0 Å². The van der Waals surface area contributed by atoms with Crippen LogP contribution in [0.15, 0.2) is 24.3 Å². The van der Waals surface area contributed by atoms with Crippen molar-refractivity contribution in [1.82, 2.24) is 0 Å². The lowest BCUT2D eigenvalue weighted by Crippen LogP contribution is -2.27. The Morgan fingerprint density at radius 3 is 2.42 bits per heavy atom. The molecule has 0 atom stereocenters. The molecule has 106 valence electrons. The number of carboxylic acid groups (broad SMARTS) is 1. The SMILES string of the molecule is CCCCN(CCC(=O)O)c1ccc(OCC)cc1. The standard InChI is InChI=1S/C15H23NO3/c1-3-5-11-16(12-10-15(17)18)13-6-8-14(9-7-13)19-4-2/h6-9H,3-5,10-12H2,1-2H3,(H,17,18). The quantitative estimate of drug-likeness (QED) is 0.745. The Morgan fingerprint density at radius 2 is 1.89 bits per heavy atom. The molecule has 0 saturated carbocycles. The fourth-order valence-electron chi connectivity index (χ4n) is 1.87. The van der Waals surface area contributed by atoms with Crippen molar-refractivity contribution in [3.05, 3.63) is 24.3 Å². The van der Waals surface area contributed by atoms with Crippen molar-refractivity contribution in [1.29, 1.82) is 0 Å². The summed E-state index contributed by atoms with van der Waals surface area (Å²) < 4.78 is 5.41. The van der Waals surface area contributed by atoms with Crippen LogP contribution < -0.4 is 9.64 Å². The lowest BCUT2D eigenvalue weighted by atomic mass is 10.2. The monoisotopic (exact) mass is 265 g/mol. The van der Waals surface area contributed by atoms with Gasteiger partial charge in [0.25, 0.3) is 0 Å². The molecule has 19 heavy (non-hydrogen) atoms. The topological polar surface area (TPSA) is 49.8 Å². The van der Waals surface area contributed by atoms with Gasteiger partial charge in [-0.1, -0.05) is 13.3 Å². The average molecular weight is 265 g/mol. The molecule has 1 aromatic carbocycles. The highest BCUT2D eigenvalue weighted by atomic mass is 16.5. The maximum absolute atomic E-state index is 10.7. The molecule has 0 heterocycles. The minimum atomic E-state index is -0.757. The number of nitrogens with zero attached hydrogens (tertiary/aromatic N) is 1. The van der Waals surface area contributed by atoms with Crippen LogP contribution >= 0.6 is 0 Å². The molecule has 1 rings (SSSR count). The van der Waals surface area contributed by atoms with Crippen LogP contribution in [-0.2, 0) is 4.79 Å². The van der Waals surface area contributed by atoms with Crippen LogP contribution in [0.1, 0.15) is 33.1 Å². The zero-order valence-corrected chi connectivity index (χ0v) is 11.8. The van der Waals surface area contributed by atoms with Gasteiger partial charge in [-0.05, 0) is 37.6 Å². The van der Waals surface area contributed by atoms with Gasteiger partial charge in [0.15, 0.2) is 0 Å². The minimum Gasteiger partial charge on any atom is -0.494 e. The number of anilines is 1. The molecule has 0 aromatic heterocycles. The smallest absolute Gasteiger partial charge is 0.305 e. The first kappa shape index (κ1) is 15.3. The van der Waals surface area contributed by atoms with Gasteiger partial charge in [0.2, 0.25) is 0 Å². The van der Waals surface area contributed by atoms with E-state index in [-0.39, 0.29) is 6.42 Å². The number of carboxylic acids is 1. The maximum Gasteiger partial charge on any atom is 0.305 e. The lowest BCUT2D eigenvalue weighted by molar-refractivity contribution is -0.136. The Bertz CT molecular complexity index is 375. The van der Waals surface area contributed by atoms with Crippen molar-refractivity contribution < 1.29 is 14.6 Å². The highest BCUT2D eigenvalue weighted by Gasteiger charge is 2.08. The van der Waals surface area contributed by atoms with Crippen molar-refractivity contribution >= 4 is 11.7 Å². The molecule has 0 aliphatic heterocycles. The molecule has 1 aromatic rings. The summed E-state index contributed by atoms with van der Waals surface area (Å²) in [4.78, 5) is 12.8. The highest BCUT2D eigenvalue weighted by Crippen LogP contribution is 2.20. The van der Waals surface area contributed by atoms with Gasteiger partial charge in [-0.3, -0.25) is 4.79 Å². The van der Waals surface area contributed by atoms with E-state index < -0.39 is 5.97 Å². The fraction of sp³-hybridized carbons (Fsp3) is 0.533. The van der Waals surface area contributed by atoms with Gasteiger partial charge in [0.05, 0.1) is 13.0 Å². The molecular weight excluding hydrogens is 242 g/mol. The number of hydrogen-bond acceptors (Lipinski definition) is 3. The Hall–Kier alpha value is -1.71. The Kier molecular flexibility index (Phi) is 6.79. The predicted molar refractivity (Wildman–Crippen MR) is 77.0 cm³/mol. The largest absolute Gasteiger partial charge is 0.494 e. The summed E-state index contributed by atoms with van der Waals surface area (Å²) in [5.74, 6) is 0.0901. The molecule has 4 heteroatoms. The van der Waals surface area contributed by atoms with Gasteiger partial charge in [0.1, 0.15) is 5.75 Å². The molecule has 0 saturated heterocycles. The normalized spacial score (nSPS) is 10.2. The van der Waals surface area contributed by atoms with Crippen molar-refractivity contribution in [2.75, 3.05) is 24.6 Å². The number of ether oxygens (including phenoxy) is 1. The number of hydrogen-bond donors (Lipinski definition) is 1. The van der Waals surface area contributed by atoms with Crippen LogP contribution in [0.2, 0.25) is 0 Å². The van der Waals surface area contributed by atoms with Crippen LogP contribution in [0.4, 0.5) is 5.69 Å². The first-order chi connectivity index (χ1) is 9.17. The summed E-state index contributed by atoms with van der Waals surface area (Å²) in [6.07, 6.45) is 2.32. The van der Waals surface area contributed by atoms with Crippen molar-refractivity contribution in [2.45, 2.75) is 33.1 Å². The van der Waals surface area contributed by atoms with E-state index in [0.717, 1.165) is 30.8 Å². The van der Waals surface area contributed by atoms with E-state index in [1.807, 2.05) is 31.2 Å². The second-order valence-corrected chi connectivity index (χ2v) is 4.41. The molecule has 0 bridgehead atoms. The van der Waals surface area contributed by atoms with Gasteiger partial charge in [-0.2, -0.15) is 0 Å². The van der Waals surface area contributed by atoms with Crippen molar-refractivity contribution in [3.63, 3.8) is 0 Å². The summed E-state index contributed by atoms with van der Waals surface area (Å²) in [5, 5.41) is 8.80. The number of benzene rings is 1. The molecule has 0 radical (unpaired) electrons. The zero-order chi connectivity index (χ0) is 14.1. The molecule has 0 aliphatic carbocycles. The van der Waals surface area contributed by atoms with E-state index in [2.05, 4.69) is 11.8 Å². The van der Waals surface area contributed by atoms with Crippen LogP contribution in [0, 0.1) is 0 Å². The summed E-state index contributed by atoms with van der Waals surface area (Å²) in [5.41, 5.74) is 1.05. The minimum absolute atomic E-state index is 0.164. The van der Waals surface area contributed by atoms with Crippen molar-refractivity contribution in [3.8, 4) is 5.75 Å². The van der Waals surface area contributed by atoms with Crippen LogP contribution in [-0.4, -0.2) is 30.8 Å². The Balaban J connectivity index is 2.68. The summed E-state index contributed by atoms with van der Waals surface area (Å²) in [7, 11) is 0. The van der Waals surface area contributed by atoms with Crippen LogP contribution in [0.5, 0.6) is 5.75 Å². The second kappa shape index (κ2) is 8.40. The second-order valence-electron chi connectivity index (χ2n) is 4.41. The van der Waals surface area contributed by atoms with E-state index in [1.165, 1.54) is 0 Å². The molecule has 0 spiro atoms. The molecular formula is C15H23NO3. The molecule has 1 N–H and O–H groups in total. The number of unbranched alkanes of at least 4 members (excludes halogenated alkanes) is 1. The molecule has 0 aliphatic rings. The first-order valence-corrected chi connectivity index (χ1v) is 6.87. The Labute approximate surface area is 115 Å². The van der Waals surface area contributed by atoms with Gasteiger partial charge in [-0.15, -0.1) is 0 Å². The van der Waals surface area contributed by atoms with E-state index >= 15 is 0 Å². The van der Waals surface area contributed by atoms with Crippen molar-refractivity contribution in [2.24, 2.45) is 0 Å². The molecule has 0 unspecified atom stereocenters. The third-order valence-corrected chi connectivity index (χ3v) is 2.89. The van der Waals surface area contributed by atoms with Gasteiger partial charge < -0.3 is 14.7 Å². The number of aliphatic carboxylic acids is 1. The van der Waals surface area contributed by atoms with Gasteiger partial charge >= 0.3 is 5.97 Å². The summed E-state index contributed by atoms with van der Waals surface area (Å²) in [6.45, 7) is 6.17. The number of carbonyl (C=O) groups is 1. The fourth-order valence-corrected chi connectivity index (χ4v) is 1.87. The number of rotatable bonds is 9. The zero-order valence-electron chi connectivity index (χ0n) is 11.8. The van der Waals surface area contributed by atoms with E-state index in [4.69, 9.17) is 9.84 Å². The molecule has 4 nitrogen and oxygen atoms in total. The summed E-state index contributed by atoms with van der Waals surface area (Å²) >= 11 is 0. The molecule has 0 amide bonds. The van der Waals surface area contributed by atoms with Gasteiger partial charge in [0, 0.05) is 18.8 Å². The van der Waals surface area contributed by atoms with Crippen LogP contribution in [0.25, 0.3) is 0 Å². The van der Waals surface area contributed by atoms with E-state index in [0.29, 0.717) is 13.2 Å². The van der Waals surface area contributed by atoms with E-state index in [1.54, 1.807) is 0 Å². The lowest BCUT2D eigenvalue weighted by Gasteiger charge is -2.24. The average Bonchev–Trinajstić information content (AvgIpc) is 2.40. The van der Waals surface area contributed by atoms with Crippen LogP contribution in [0.3, 0.4) is 0 Å². The van der Waals surface area contributed by atoms with E-state index in [9.17, 15) is 4.79 Å². The Morgan fingerprint density at radius 1 is 1.21 bits per heavy atom. The molecule has 0 fully saturated rings. The maximum atomic E-state index is 10.7. The first-order valence-electron chi connectivity index (χ1n) is 6.87. The third-order valence-electron chi connectivity index (χ3n) is 2.89. The third kappa shape index (κ3) is 5.64. The predicted octanol–water partition coefficient (Wildman–Crippen LogP) is 3.17. The highest BCUT2D eigenvalue weighted by molar-refractivity contribution is 5.67.